The number of pyridine rings is 2. The summed E-state index contributed by atoms with van der Waals surface area (Å²) in [5, 5.41) is 2.91. The fourth-order valence-electron chi connectivity index (χ4n) is 5.99. The van der Waals surface area contributed by atoms with Crippen LogP contribution < -0.4 is 16.0 Å². The number of fused-ring (bicyclic) bond motifs is 1. The Morgan fingerprint density at radius 1 is 0.979 bits per heavy atom. The fourth-order valence-corrected chi connectivity index (χ4v) is 6.95. The van der Waals surface area contributed by atoms with Gasteiger partial charge in [-0.05, 0) is 91.0 Å². The molecule has 0 unspecified atom stereocenters. The van der Waals surface area contributed by atoms with Gasteiger partial charge in [-0.3, -0.25) is 9.36 Å². The maximum atomic E-state index is 11.9. The largest absolute Gasteiger partial charge is 0.413 e. The average molecular weight is 662 g/mol. The molecule has 10 heteroatoms. The van der Waals surface area contributed by atoms with Crippen molar-refractivity contribution in [3.63, 3.8) is 0 Å². The zero-order valence-electron chi connectivity index (χ0n) is 29.0. The molecule has 4 heterocycles. The molecule has 6 rings (SSSR count). The van der Waals surface area contributed by atoms with Gasteiger partial charge in [0.05, 0.1) is 17.9 Å². The second-order valence-corrected chi connectivity index (χ2v) is 19.1. The van der Waals surface area contributed by atoms with Crippen LogP contribution in [0, 0.1) is 5.92 Å². The number of anilines is 2. The number of nitrogens with two attached hydrogens (primary N) is 1. The fraction of sp³-hybridized carbons (Fsp3) is 0.368. The molecular weight excluding hydrogens is 615 g/mol. The van der Waals surface area contributed by atoms with Crippen LogP contribution in [0.2, 0.25) is 18.1 Å². The highest BCUT2D eigenvalue weighted by Crippen LogP contribution is 2.37. The lowest BCUT2D eigenvalue weighted by molar-refractivity contribution is -0.121. The summed E-state index contributed by atoms with van der Waals surface area (Å²) in [5.74, 6) is 1.66. The van der Waals surface area contributed by atoms with Crippen molar-refractivity contribution in [2.75, 3.05) is 30.8 Å². The number of piperidine rings is 1. The Labute approximate surface area is 284 Å². The highest BCUT2D eigenvalue weighted by Gasteiger charge is 2.37. The van der Waals surface area contributed by atoms with Crippen LogP contribution >= 0.6 is 0 Å². The Balaban J connectivity index is 1.33. The molecule has 1 fully saturated rings. The third-order valence-electron chi connectivity index (χ3n) is 10.1. The van der Waals surface area contributed by atoms with Crippen molar-refractivity contribution in [2.45, 2.75) is 64.8 Å². The number of aromatic nitrogens is 4. The van der Waals surface area contributed by atoms with Crippen LogP contribution in [-0.4, -0.2) is 53.9 Å². The van der Waals surface area contributed by atoms with Crippen molar-refractivity contribution in [3.05, 3.63) is 84.6 Å². The van der Waals surface area contributed by atoms with Gasteiger partial charge in [0.2, 0.25) is 5.91 Å². The van der Waals surface area contributed by atoms with Crippen LogP contribution in [-0.2, 0) is 15.8 Å². The molecule has 5 aromatic rings. The second-order valence-electron chi connectivity index (χ2n) is 14.3. The van der Waals surface area contributed by atoms with E-state index in [1.807, 2.05) is 24.3 Å². The lowest BCUT2D eigenvalue weighted by Crippen LogP contribution is -2.40. The molecule has 2 aromatic carbocycles. The lowest BCUT2D eigenvalue weighted by Gasteiger charge is -2.36. The summed E-state index contributed by atoms with van der Waals surface area (Å²) in [7, 11) is -0.171. The molecule has 3 N–H and O–H groups in total. The Morgan fingerprint density at radius 2 is 1.73 bits per heavy atom. The molecule has 0 radical (unpaired) electrons. The van der Waals surface area contributed by atoms with Gasteiger partial charge in [0, 0.05) is 49.7 Å². The number of hydrogen-bond acceptors (Lipinski definition) is 7. The van der Waals surface area contributed by atoms with Crippen LogP contribution in [0.1, 0.15) is 45.6 Å². The van der Waals surface area contributed by atoms with E-state index in [0.29, 0.717) is 30.6 Å². The van der Waals surface area contributed by atoms with Crippen molar-refractivity contribution < 1.29 is 9.22 Å². The minimum atomic E-state index is -1.88. The number of nitrogen functional groups attached to an aromatic ring is 1. The number of imidazole rings is 1. The van der Waals surface area contributed by atoms with Crippen molar-refractivity contribution in [3.8, 4) is 28.3 Å². The monoisotopic (exact) mass is 661 g/mol. The van der Waals surface area contributed by atoms with Gasteiger partial charge in [-0.25, -0.2) is 15.0 Å². The highest BCUT2D eigenvalue weighted by molar-refractivity contribution is 6.74. The maximum Gasteiger partial charge on any atom is 0.220 e. The summed E-state index contributed by atoms with van der Waals surface area (Å²) in [4.78, 5) is 28.9. The smallest absolute Gasteiger partial charge is 0.220 e. The quantitative estimate of drug-likeness (QED) is 0.157. The molecule has 3 aromatic heterocycles. The predicted octanol–water partition coefficient (Wildman–Crippen LogP) is 7.61. The molecule has 0 atom stereocenters. The zero-order valence-corrected chi connectivity index (χ0v) is 30.0. The molecule has 9 nitrogen and oxygen atoms in total. The molecule has 1 amide bonds. The summed E-state index contributed by atoms with van der Waals surface area (Å²) in [5.41, 5.74) is 13.8. The third kappa shape index (κ3) is 7.00. The molecule has 0 aliphatic carbocycles. The van der Waals surface area contributed by atoms with E-state index >= 15 is 0 Å². The first-order chi connectivity index (χ1) is 22.9. The van der Waals surface area contributed by atoms with Gasteiger partial charge < -0.3 is 20.4 Å². The van der Waals surface area contributed by atoms with Crippen LogP contribution in [0.4, 0.5) is 11.5 Å². The van der Waals surface area contributed by atoms with Gasteiger partial charge in [-0.2, -0.15) is 0 Å². The first-order valence-electron chi connectivity index (χ1n) is 16.8. The average Bonchev–Trinajstić information content (AvgIpc) is 3.46. The van der Waals surface area contributed by atoms with Gasteiger partial charge in [-0.1, -0.05) is 45.0 Å². The molecule has 0 spiro atoms. The van der Waals surface area contributed by atoms with Crippen LogP contribution in [0.15, 0.2) is 79.0 Å². The summed E-state index contributed by atoms with van der Waals surface area (Å²) in [6.45, 7) is 13.8. The van der Waals surface area contributed by atoms with Gasteiger partial charge >= 0.3 is 0 Å². The lowest BCUT2D eigenvalue weighted by atomic mass is 9.93. The number of hydrogen-bond donors (Lipinski definition) is 2. The van der Waals surface area contributed by atoms with Crippen LogP contribution in [0.3, 0.4) is 0 Å². The number of benzene rings is 2. The number of carbonyl (C=O) groups excluding carboxylic acids is 1. The van der Waals surface area contributed by atoms with E-state index in [1.165, 1.54) is 5.69 Å². The van der Waals surface area contributed by atoms with Gasteiger partial charge in [0.25, 0.3) is 0 Å². The SMILES string of the molecule is CNC(=O)CC1CCN(c2cccc(-c3ccc4nc(-c5cccnc5N)n(-c5ccc(CO[Si](C)(C)C(C)(C)C)cc5)c4n3)c2)CC1. The van der Waals surface area contributed by atoms with E-state index in [-0.39, 0.29) is 10.9 Å². The molecule has 0 bridgehead atoms. The number of nitrogens with zero attached hydrogens (tertiary/aromatic N) is 5. The zero-order chi connectivity index (χ0) is 34.1. The molecule has 1 aliphatic rings. The van der Waals surface area contributed by atoms with E-state index in [4.69, 9.17) is 20.1 Å². The number of rotatable bonds is 9. The second kappa shape index (κ2) is 13.5. The van der Waals surface area contributed by atoms with E-state index in [1.54, 1.807) is 13.2 Å². The van der Waals surface area contributed by atoms with Crippen LogP contribution in [0.25, 0.3) is 39.5 Å². The van der Waals surface area contributed by atoms with Crippen molar-refractivity contribution in [2.24, 2.45) is 5.92 Å². The summed E-state index contributed by atoms with van der Waals surface area (Å²) >= 11 is 0. The number of nitrogens with one attached hydrogen (secondary N) is 1. The standard InChI is InChI=1S/C38H47N7O2Si/c1-38(2,3)48(5,6)47-25-27-12-14-29(15-13-27)45-36(31-11-8-20-41-35(31)39)43-33-17-16-32(42-37(33)45)28-9-7-10-30(24-28)44-21-18-26(19-22-44)23-34(46)40-4/h7-17,20,24,26H,18-19,21-23,25H2,1-6H3,(H2,39,41)(H,40,46). The van der Waals surface area contributed by atoms with E-state index in [2.05, 4.69) is 102 Å². The summed E-state index contributed by atoms with van der Waals surface area (Å²) in [6.07, 6.45) is 4.30. The van der Waals surface area contributed by atoms with Crippen LogP contribution in [0.5, 0.6) is 0 Å². The predicted molar refractivity (Wildman–Crippen MR) is 198 cm³/mol. The minimum Gasteiger partial charge on any atom is -0.413 e. The first-order valence-corrected chi connectivity index (χ1v) is 19.7. The Kier molecular flexibility index (Phi) is 9.40. The van der Waals surface area contributed by atoms with E-state index in [0.717, 1.165) is 65.2 Å². The summed E-state index contributed by atoms with van der Waals surface area (Å²) in [6, 6.07) is 24.9. The summed E-state index contributed by atoms with van der Waals surface area (Å²) < 4.78 is 8.57. The molecule has 48 heavy (non-hydrogen) atoms. The highest BCUT2D eigenvalue weighted by atomic mass is 28.4. The normalized spacial score (nSPS) is 14.4. The van der Waals surface area contributed by atoms with Gasteiger partial charge in [0.15, 0.2) is 19.8 Å². The third-order valence-corrected chi connectivity index (χ3v) is 14.5. The van der Waals surface area contributed by atoms with Gasteiger partial charge in [-0.15, -0.1) is 0 Å². The Bertz CT molecular complexity index is 1910. The molecule has 250 valence electrons. The molecular formula is C38H47N7O2Si. The van der Waals surface area contributed by atoms with Crippen molar-refractivity contribution in [1.82, 2.24) is 24.8 Å². The minimum absolute atomic E-state index is 0.122. The number of amides is 1. The maximum absolute atomic E-state index is 11.9. The van der Waals surface area contributed by atoms with E-state index in [9.17, 15) is 4.79 Å². The van der Waals surface area contributed by atoms with E-state index < -0.39 is 8.32 Å². The number of carbonyl (C=O) groups is 1. The van der Waals surface area contributed by atoms with Gasteiger partial charge in [0.1, 0.15) is 11.3 Å². The van der Waals surface area contributed by atoms with Crippen molar-refractivity contribution >= 4 is 36.9 Å². The molecule has 0 saturated carbocycles. The first kappa shape index (κ1) is 33.4. The topological polar surface area (TPSA) is 111 Å². The van der Waals surface area contributed by atoms with Crippen molar-refractivity contribution in [1.29, 1.82) is 0 Å². The molecule has 1 aliphatic heterocycles. The Morgan fingerprint density at radius 3 is 2.42 bits per heavy atom. The molecule has 1 saturated heterocycles. The Hall–Kier alpha value is -4.54.